The van der Waals surface area contributed by atoms with Crippen LogP contribution in [0.15, 0.2) is 23.0 Å². The highest BCUT2D eigenvalue weighted by Gasteiger charge is 2.22. The molecule has 0 aliphatic carbocycles. The van der Waals surface area contributed by atoms with Crippen molar-refractivity contribution in [3.63, 3.8) is 0 Å². The zero-order valence-corrected chi connectivity index (χ0v) is 20.2. The van der Waals surface area contributed by atoms with Crippen LogP contribution in [0, 0.1) is 20.8 Å². The van der Waals surface area contributed by atoms with Crippen LogP contribution in [0.3, 0.4) is 0 Å². The van der Waals surface area contributed by atoms with Crippen molar-refractivity contribution in [2.75, 3.05) is 5.32 Å². The monoisotopic (exact) mass is 473 g/mol. The first-order valence-electron chi connectivity index (χ1n) is 9.93. The maximum absolute atomic E-state index is 13.1. The van der Waals surface area contributed by atoms with E-state index in [9.17, 15) is 14.4 Å². The SMILES string of the molecule is Cc1nc(-c2c(C)c(C)nn(C)c2=O)sc1C(=O)Nc1cc(Cl)ccc1C(=O)NC(C)C. The molecule has 0 saturated heterocycles. The zero-order chi connectivity index (χ0) is 23.7. The third kappa shape index (κ3) is 4.73. The van der Waals surface area contributed by atoms with Crippen molar-refractivity contribution in [1.82, 2.24) is 20.1 Å². The number of nitrogens with one attached hydrogen (secondary N) is 2. The molecule has 3 rings (SSSR count). The molecule has 8 nitrogen and oxygen atoms in total. The van der Waals surface area contributed by atoms with Crippen LogP contribution >= 0.6 is 22.9 Å². The van der Waals surface area contributed by atoms with Crippen molar-refractivity contribution in [3.05, 3.63) is 61.0 Å². The lowest BCUT2D eigenvalue weighted by Gasteiger charge is -2.13. The predicted octanol–water partition coefficient (Wildman–Crippen LogP) is 3.87. The molecular formula is C22H24ClN5O3S. The van der Waals surface area contributed by atoms with E-state index in [4.69, 9.17) is 11.6 Å². The van der Waals surface area contributed by atoms with Gasteiger partial charge in [0.1, 0.15) is 9.88 Å². The lowest BCUT2D eigenvalue weighted by atomic mass is 10.1. The third-order valence-corrected chi connectivity index (χ3v) is 6.25. The van der Waals surface area contributed by atoms with Gasteiger partial charge in [0.15, 0.2) is 0 Å². The fourth-order valence-electron chi connectivity index (χ4n) is 3.15. The Labute approximate surface area is 194 Å². The largest absolute Gasteiger partial charge is 0.350 e. The number of thiazole rings is 1. The average molecular weight is 474 g/mol. The second kappa shape index (κ2) is 9.22. The Morgan fingerprint density at radius 3 is 2.47 bits per heavy atom. The predicted molar refractivity (Wildman–Crippen MR) is 127 cm³/mol. The topological polar surface area (TPSA) is 106 Å². The summed E-state index contributed by atoms with van der Waals surface area (Å²) in [5.74, 6) is -0.757. The van der Waals surface area contributed by atoms with Gasteiger partial charge in [-0.25, -0.2) is 9.67 Å². The van der Waals surface area contributed by atoms with Crippen LogP contribution < -0.4 is 16.2 Å². The number of aryl methyl sites for hydroxylation is 3. The molecule has 10 heteroatoms. The van der Waals surface area contributed by atoms with Gasteiger partial charge >= 0.3 is 0 Å². The molecule has 2 aromatic heterocycles. The summed E-state index contributed by atoms with van der Waals surface area (Å²) < 4.78 is 1.26. The Bertz CT molecular complexity index is 1280. The van der Waals surface area contributed by atoms with Crippen LogP contribution in [0.2, 0.25) is 5.02 Å². The lowest BCUT2D eigenvalue weighted by molar-refractivity contribution is 0.0944. The Morgan fingerprint density at radius 1 is 1.12 bits per heavy atom. The smallest absolute Gasteiger partial charge is 0.277 e. The second-order valence-electron chi connectivity index (χ2n) is 7.72. The van der Waals surface area contributed by atoms with Gasteiger partial charge in [0.25, 0.3) is 17.4 Å². The molecular weight excluding hydrogens is 450 g/mol. The zero-order valence-electron chi connectivity index (χ0n) is 18.7. The molecule has 32 heavy (non-hydrogen) atoms. The van der Waals surface area contributed by atoms with Crippen LogP contribution in [-0.2, 0) is 7.05 Å². The van der Waals surface area contributed by atoms with Crippen molar-refractivity contribution in [2.45, 2.75) is 40.7 Å². The normalized spacial score (nSPS) is 11.0. The standard InChI is InChI=1S/C22H24ClN5O3S/c1-10(2)24-19(29)15-8-7-14(23)9-16(15)26-20(30)18-13(5)25-21(32-18)17-11(3)12(4)27-28(6)22(17)31/h7-10H,1-6H3,(H,24,29)(H,26,30). The van der Waals surface area contributed by atoms with E-state index >= 15 is 0 Å². The number of carbonyl (C=O) groups excluding carboxylic acids is 2. The van der Waals surface area contributed by atoms with Gasteiger partial charge in [-0.05, 0) is 58.4 Å². The molecule has 1 aromatic carbocycles. The number of carbonyl (C=O) groups is 2. The van der Waals surface area contributed by atoms with Gasteiger partial charge in [-0.3, -0.25) is 14.4 Å². The van der Waals surface area contributed by atoms with Crippen molar-refractivity contribution in [1.29, 1.82) is 0 Å². The lowest BCUT2D eigenvalue weighted by Crippen LogP contribution is -2.31. The minimum atomic E-state index is -0.438. The van der Waals surface area contributed by atoms with Gasteiger partial charge in [-0.2, -0.15) is 5.10 Å². The van der Waals surface area contributed by atoms with Gasteiger partial charge in [0.05, 0.1) is 28.2 Å². The maximum atomic E-state index is 13.1. The van der Waals surface area contributed by atoms with Crippen LogP contribution in [0.5, 0.6) is 0 Å². The highest BCUT2D eigenvalue weighted by molar-refractivity contribution is 7.17. The Morgan fingerprint density at radius 2 is 1.81 bits per heavy atom. The van der Waals surface area contributed by atoms with Crippen molar-refractivity contribution < 1.29 is 9.59 Å². The molecule has 0 saturated carbocycles. The van der Waals surface area contributed by atoms with Gasteiger partial charge in [0, 0.05) is 18.1 Å². The van der Waals surface area contributed by atoms with Gasteiger partial charge in [-0.1, -0.05) is 11.6 Å². The van der Waals surface area contributed by atoms with Crippen LogP contribution in [0.25, 0.3) is 10.6 Å². The minimum Gasteiger partial charge on any atom is -0.350 e. The first-order valence-corrected chi connectivity index (χ1v) is 11.1. The highest BCUT2D eigenvalue weighted by Crippen LogP contribution is 2.30. The Hall–Kier alpha value is -3.04. The van der Waals surface area contributed by atoms with E-state index in [-0.39, 0.29) is 17.5 Å². The fourth-order valence-corrected chi connectivity index (χ4v) is 4.38. The second-order valence-corrected chi connectivity index (χ2v) is 9.16. The first-order chi connectivity index (χ1) is 15.0. The number of nitrogens with zero attached hydrogens (tertiary/aromatic N) is 3. The molecule has 0 spiro atoms. The summed E-state index contributed by atoms with van der Waals surface area (Å²) in [6.07, 6.45) is 0. The van der Waals surface area contributed by atoms with E-state index in [1.165, 1.54) is 10.7 Å². The Kier molecular flexibility index (Phi) is 6.80. The summed E-state index contributed by atoms with van der Waals surface area (Å²) in [4.78, 5) is 43.1. The highest BCUT2D eigenvalue weighted by atomic mass is 35.5. The molecule has 0 aliphatic heterocycles. The summed E-state index contributed by atoms with van der Waals surface area (Å²) in [6, 6.07) is 4.61. The number of aromatic nitrogens is 3. The van der Waals surface area contributed by atoms with E-state index in [0.717, 1.165) is 16.9 Å². The van der Waals surface area contributed by atoms with Crippen molar-refractivity contribution in [2.24, 2.45) is 7.05 Å². The number of hydrogen-bond donors (Lipinski definition) is 2. The van der Waals surface area contributed by atoms with E-state index < -0.39 is 5.91 Å². The molecule has 0 radical (unpaired) electrons. The van der Waals surface area contributed by atoms with Gasteiger partial charge in [0.2, 0.25) is 0 Å². The summed E-state index contributed by atoms with van der Waals surface area (Å²) in [6.45, 7) is 9.02. The molecule has 0 bridgehead atoms. The van der Waals surface area contributed by atoms with Crippen LogP contribution in [0.1, 0.15) is 50.8 Å². The third-order valence-electron chi connectivity index (χ3n) is 4.84. The molecule has 2 heterocycles. The van der Waals surface area contributed by atoms with E-state index in [1.54, 1.807) is 33.0 Å². The minimum absolute atomic E-state index is 0.0669. The molecule has 2 amide bonds. The van der Waals surface area contributed by atoms with Crippen molar-refractivity contribution in [3.8, 4) is 10.6 Å². The number of amides is 2. The average Bonchev–Trinajstić information content (AvgIpc) is 3.07. The number of hydrogen-bond acceptors (Lipinski definition) is 6. The Balaban J connectivity index is 1.99. The van der Waals surface area contributed by atoms with Gasteiger partial charge < -0.3 is 10.6 Å². The summed E-state index contributed by atoms with van der Waals surface area (Å²) in [5, 5.41) is 10.6. The van der Waals surface area contributed by atoms with Crippen molar-refractivity contribution >= 4 is 40.4 Å². The first kappa shape index (κ1) is 23.6. The van der Waals surface area contributed by atoms with Gasteiger partial charge in [-0.15, -0.1) is 11.3 Å². The molecule has 3 aromatic rings. The summed E-state index contributed by atoms with van der Waals surface area (Å²) in [5.41, 5.74) is 2.64. The van der Waals surface area contributed by atoms with E-state index in [1.807, 2.05) is 20.8 Å². The number of halogens is 1. The summed E-state index contributed by atoms with van der Waals surface area (Å²) in [7, 11) is 1.58. The fraction of sp³-hybridized carbons (Fsp3) is 0.318. The summed E-state index contributed by atoms with van der Waals surface area (Å²) >= 11 is 7.22. The molecule has 0 fully saturated rings. The van der Waals surface area contributed by atoms with E-state index in [2.05, 4.69) is 20.7 Å². The number of rotatable bonds is 5. The maximum Gasteiger partial charge on any atom is 0.277 e. The number of anilines is 1. The van der Waals surface area contributed by atoms with Crippen LogP contribution in [0.4, 0.5) is 5.69 Å². The quantitative estimate of drug-likeness (QED) is 0.585. The molecule has 0 atom stereocenters. The molecule has 0 unspecified atom stereocenters. The van der Waals surface area contributed by atoms with Crippen LogP contribution in [-0.4, -0.2) is 32.6 Å². The molecule has 2 N–H and O–H groups in total. The van der Waals surface area contributed by atoms with E-state index in [0.29, 0.717) is 43.1 Å². The number of benzene rings is 1. The molecule has 168 valence electrons. The molecule has 0 aliphatic rings.